The first-order valence-electron chi connectivity index (χ1n) is 20.3. The average molecular weight is 739 g/mol. The molecular weight excluding hydrogens is 689 g/mol. The predicted molar refractivity (Wildman–Crippen MR) is 239 cm³/mol. The van der Waals surface area contributed by atoms with Crippen LogP contribution in [0.2, 0.25) is 0 Å². The van der Waals surface area contributed by atoms with E-state index in [9.17, 15) is 0 Å². The number of hydrogen-bond donors (Lipinski definition) is 0. The third kappa shape index (κ3) is 6.48. The Morgan fingerprint density at radius 3 is 1.61 bits per heavy atom. The number of nitrogens with zero attached hydrogens (tertiary/aromatic N) is 2. The van der Waals surface area contributed by atoms with Gasteiger partial charge in [0.1, 0.15) is 0 Å². The van der Waals surface area contributed by atoms with Crippen LogP contribution in [0.3, 0.4) is 0 Å². The summed E-state index contributed by atoms with van der Waals surface area (Å²) in [5.41, 5.74) is 16.6. The van der Waals surface area contributed by atoms with E-state index in [0.29, 0.717) is 5.92 Å². The van der Waals surface area contributed by atoms with Crippen molar-refractivity contribution in [2.75, 3.05) is 0 Å². The van der Waals surface area contributed by atoms with Crippen molar-refractivity contribution in [3.8, 4) is 45.0 Å². The van der Waals surface area contributed by atoms with Gasteiger partial charge in [0, 0.05) is 16.7 Å². The molecule has 1 atom stereocenters. The van der Waals surface area contributed by atoms with Crippen molar-refractivity contribution in [1.82, 2.24) is 9.97 Å². The van der Waals surface area contributed by atoms with Crippen LogP contribution in [0.5, 0.6) is 0 Å². The summed E-state index contributed by atoms with van der Waals surface area (Å²) in [5, 5.41) is 0. The summed E-state index contributed by atoms with van der Waals surface area (Å²) >= 11 is 0. The fraction of sp³-hybridized carbons (Fsp3) is 0.200. The van der Waals surface area contributed by atoms with Crippen LogP contribution in [0.1, 0.15) is 75.8 Å². The molecule has 1 aromatic heterocycles. The minimum atomic E-state index is -0.486. The molecule has 0 saturated carbocycles. The quantitative estimate of drug-likeness (QED) is 0.170. The van der Waals surface area contributed by atoms with Gasteiger partial charge in [-0.15, -0.1) is 0 Å². The molecule has 280 valence electrons. The van der Waals surface area contributed by atoms with Crippen molar-refractivity contribution >= 4 is 5.57 Å². The topological polar surface area (TPSA) is 25.8 Å². The first-order chi connectivity index (χ1) is 27.5. The van der Waals surface area contributed by atoms with Crippen molar-refractivity contribution in [1.29, 1.82) is 0 Å². The molecule has 9 rings (SSSR count). The largest absolute Gasteiger partial charge is 0.228 e. The first kappa shape index (κ1) is 36.5. The molecule has 0 radical (unpaired) electrons. The van der Waals surface area contributed by atoms with Crippen molar-refractivity contribution in [2.24, 2.45) is 16.7 Å². The monoisotopic (exact) mass is 738 g/mol. The maximum Gasteiger partial charge on any atom is 0.160 e. The first-order valence-corrected chi connectivity index (χ1v) is 20.3. The van der Waals surface area contributed by atoms with E-state index in [0.717, 1.165) is 40.3 Å². The van der Waals surface area contributed by atoms with Crippen molar-refractivity contribution in [3.05, 3.63) is 209 Å². The minimum Gasteiger partial charge on any atom is -0.228 e. The third-order valence-electron chi connectivity index (χ3n) is 12.3. The molecule has 0 amide bonds. The van der Waals surface area contributed by atoms with Gasteiger partial charge in [-0.3, -0.25) is 0 Å². The highest BCUT2D eigenvalue weighted by Gasteiger charge is 2.46. The number of hydrogen-bond acceptors (Lipinski definition) is 2. The second-order valence-corrected chi connectivity index (χ2v) is 17.9. The molecule has 0 bridgehead atoms. The third-order valence-corrected chi connectivity index (χ3v) is 12.3. The van der Waals surface area contributed by atoms with Gasteiger partial charge in [-0.25, -0.2) is 9.97 Å². The highest BCUT2D eigenvalue weighted by molar-refractivity contribution is 5.88. The fourth-order valence-corrected chi connectivity index (χ4v) is 9.23. The zero-order valence-electron chi connectivity index (χ0n) is 33.9. The Balaban J connectivity index is 1.19. The van der Waals surface area contributed by atoms with Crippen LogP contribution in [0.4, 0.5) is 0 Å². The molecule has 0 N–H and O–H groups in total. The molecule has 2 heteroatoms. The lowest BCUT2D eigenvalue weighted by molar-refractivity contribution is 0.285. The average Bonchev–Trinajstić information content (AvgIpc) is 3.54. The van der Waals surface area contributed by atoms with Gasteiger partial charge in [0.05, 0.1) is 16.8 Å². The minimum absolute atomic E-state index is 0.136. The summed E-state index contributed by atoms with van der Waals surface area (Å²) in [6, 6.07) is 59.4. The molecule has 1 unspecified atom stereocenters. The van der Waals surface area contributed by atoms with Crippen LogP contribution in [-0.2, 0) is 5.41 Å². The summed E-state index contributed by atoms with van der Waals surface area (Å²) in [6.45, 7) is 14.1. The number of benzene rings is 6. The fourth-order valence-electron chi connectivity index (χ4n) is 9.23. The molecule has 2 aliphatic rings. The lowest BCUT2D eigenvalue weighted by Crippen LogP contribution is -2.28. The maximum absolute atomic E-state index is 5.30. The van der Waals surface area contributed by atoms with E-state index in [2.05, 4.69) is 211 Å². The highest BCUT2D eigenvalue weighted by atomic mass is 14.9. The Morgan fingerprint density at radius 1 is 0.474 bits per heavy atom. The van der Waals surface area contributed by atoms with Crippen molar-refractivity contribution in [3.63, 3.8) is 0 Å². The lowest BCUT2D eigenvalue weighted by Gasteiger charge is -2.39. The molecule has 0 aliphatic heterocycles. The molecule has 1 heterocycles. The predicted octanol–water partition coefficient (Wildman–Crippen LogP) is 14.3. The highest BCUT2D eigenvalue weighted by Crippen LogP contribution is 2.56. The number of fused-ring (bicyclic) bond motifs is 3. The van der Waals surface area contributed by atoms with E-state index in [1.807, 2.05) is 6.07 Å². The van der Waals surface area contributed by atoms with Crippen molar-refractivity contribution in [2.45, 2.75) is 53.4 Å². The van der Waals surface area contributed by atoms with E-state index in [4.69, 9.17) is 9.97 Å². The van der Waals surface area contributed by atoms with Gasteiger partial charge in [-0.05, 0) is 79.8 Å². The van der Waals surface area contributed by atoms with Gasteiger partial charge in [0.25, 0.3) is 0 Å². The molecule has 7 aromatic rings. The van der Waals surface area contributed by atoms with Crippen LogP contribution in [0, 0.1) is 16.7 Å². The Labute approximate surface area is 338 Å². The van der Waals surface area contributed by atoms with E-state index in [1.165, 1.54) is 50.1 Å². The second-order valence-electron chi connectivity index (χ2n) is 17.9. The Kier molecular flexibility index (Phi) is 9.04. The number of rotatable bonds is 6. The summed E-state index contributed by atoms with van der Waals surface area (Å²) in [6.07, 6.45) is 5.83. The van der Waals surface area contributed by atoms with Gasteiger partial charge in [0.15, 0.2) is 5.82 Å². The van der Waals surface area contributed by atoms with E-state index >= 15 is 0 Å². The van der Waals surface area contributed by atoms with E-state index in [-0.39, 0.29) is 10.8 Å². The Morgan fingerprint density at radius 2 is 1.00 bits per heavy atom. The summed E-state index contributed by atoms with van der Waals surface area (Å²) in [5.74, 6) is 1.15. The Hall–Kier alpha value is -6.12. The zero-order valence-corrected chi connectivity index (χ0v) is 33.9. The normalized spacial score (nSPS) is 16.0. The number of allylic oxidation sites excluding steroid dienone is 4. The molecule has 0 saturated heterocycles. The maximum atomic E-state index is 5.30. The Bertz CT molecular complexity index is 2600. The molecule has 57 heavy (non-hydrogen) atoms. The van der Waals surface area contributed by atoms with Gasteiger partial charge in [0.2, 0.25) is 0 Å². The second kappa shape index (κ2) is 14.1. The summed E-state index contributed by atoms with van der Waals surface area (Å²) in [4.78, 5) is 10.5. The lowest BCUT2D eigenvalue weighted by atomic mass is 9.66. The van der Waals surface area contributed by atoms with Crippen LogP contribution in [0.15, 0.2) is 182 Å². The molecule has 0 spiro atoms. The van der Waals surface area contributed by atoms with Gasteiger partial charge >= 0.3 is 0 Å². The van der Waals surface area contributed by atoms with E-state index in [1.54, 1.807) is 0 Å². The van der Waals surface area contributed by atoms with Gasteiger partial charge in [-0.2, -0.15) is 0 Å². The van der Waals surface area contributed by atoms with Crippen LogP contribution >= 0.6 is 0 Å². The SMILES string of the molecule is CC(C)(C)C1=CC=C(c2ccc(-c3cc(-c4ccc5c(c4)C(c4ccccc4)(c4ccccc4)c4ccccc4-5)nc(-c4ccccc4)n3)cc2)C(C(C)(C)C)C1. The van der Waals surface area contributed by atoms with Crippen LogP contribution < -0.4 is 0 Å². The molecule has 2 aliphatic carbocycles. The summed E-state index contributed by atoms with van der Waals surface area (Å²) < 4.78 is 0. The molecule has 0 fully saturated rings. The smallest absolute Gasteiger partial charge is 0.160 e. The van der Waals surface area contributed by atoms with Gasteiger partial charge < -0.3 is 0 Å². The van der Waals surface area contributed by atoms with E-state index < -0.39 is 5.41 Å². The van der Waals surface area contributed by atoms with Crippen molar-refractivity contribution < 1.29 is 0 Å². The molecule has 6 aromatic carbocycles. The summed E-state index contributed by atoms with van der Waals surface area (Å²) in [7, 11) is 0. The van der Waals surface area contributed by atoms with Crippen LogP contribution in [0.25, 0.3) is 50.6 Å². The van der Waals surface area contributed by atoms with Crippen LogP contribution in [-0.4, -0.2) is 9.97 Å². The van der Waals surface area contributed by atoms with Gasteiger partial charge in [-0.1, -0.05) is 211 Å². The number of aromatic nitrogens is 2. The molecule has 2 nitrogen and oxygen atoms in total. The molecular formula is C55H50N2. The zero-order chi connectivity index (χ0) is 39.4. The standard InChI is InChI=1S/C55H50N2/c1-53(2,3)43-31-33-44(48(35-43)54(4,5)6)37-26-28-38(29-27-37)50-36-51(57-52(56-50)39-18-10-7-11-19-39)40-30-32-46-45-24-16-17-25-47(45)55(49(46)34-40,41-20-12-8-13-21-41)42-22-14-9-15-23-42/h7-34,36,48H,35H2,1-6H3.